The van der Waals surface area contributed by atoms with E-state index in [0.29, 0.717) is 53.5 Å². The molecule has 3 aromatic carbocycles. The summed E-state index contributed by atoms with van der Waals surface area (Å²) in [5.74, 6) is 1.03. The lowest BCUT2D eigenvalue weighted by Crippen LogP contribution is -2.43. The minimum atomic E-state index is -0.532. The van der Waals surface area contributed by atoms with Gasteiger partial charge in [-0.3, -0.25) is 9.36 Å². The lowest BCUT2D eigenvalue weighted by atomic mass is 10.1. The molecule has 0 saturated carbocycles. The van der Waals surface area contributed by atoms with Gasteiger partial charge in [-0.1, -0.05) is 42.5 Å². The fourth-order valence-corrected chi connectivity index (χ4v) is 4.22. The first-order chi connectivity index (χ1) is 17.9. The maximum Gasteiger partial charge on any atom is 0.322 e. The van der Waals surface area contributed by atoms with Crippen LogP contribution in [0.2, 0.25) is 0 Å². The van der Waals surface area contributed by atoms with Crippen LogP contribution in [0.3, 0.4) is 0 Å². The van der Waals surface area contributed by atoms with E-state index in [1.165, 1.54) is 0 Å². The Morgan fingerprint density at radius 3 is 2.38 bits per heavy atom. The van der Waals surface area contributed by atoms with E-state index in [2.05, 4.69) is 5.32 Å². The molecule has 1 heterocycles. The van der Waals surface area contributed by atoms with E-state index in [1.807, 2.05) is 106 Å². The number of urea groups is 1. The molecule has 1 atom stereocenters. The summed E-state index contributed by atoms with van der Waals surface area (Å²) in [7, 11) is 3.92. The Kier molecular flexibility index (Phi) is 8.20. The standard InChI is InChI=1S/C29H33N5O3/c1-5-37-26-18-12-11-17-25(26)34-27(31-24-16-10-9-15-23(24)28(34)35)21(2)33(20-19-32(3)4)29(36)30-22-13-7-6-8-14-22/h6-18,21H,5,19-20H2,1-4H3,(H,30,36). The third-order valence-electron chi connectivity index (χ3n) is 6.12. The Bertz CT molecular complexity index is 1420. The number of aromatic nitrogens is 2. The van der Waals surface area contributed by atoms with Crippen LogP contribution in [0.1, 0.15) is 25.7 Å². The summed E-state index contributed by atoms with van der Waals surface area (Å²) in [5.41, 5.74) is 1.65. The Morgan fingerprint density at radius 2 is 1.65 bits per heavy atom. The number of nitrogens with zero attached hydrogens (tertiary/aromatic N) is 4. The van der Waals surface area contributed by atoms with Crippen LogP contribution >= 0.6 is 0 Å². The smallest absolute Gasteiger partial charge is 0.322 e. The molecule has 1 unspecified atom stereocenters. The van der Waals surface area contributed by atoms with Crippen molar-refractivity contribution in [2.45, 2.75) is 19.9 Å². The highest BCUT2D eigenvalue weighted by Gasteiger charge is 2.28. The molecule has 0 aliphatic rings. The van der Waals surface area contributed by atoms with Gasteiger partial charge in [0.15, 0.2) is 0 Å². The maximum atomic E-state index is 13.9. The Balaban J connectivity index is 1.87. The topological polar surface area (TPSA) is 79.7 Å². The monoisotopic (exact) mass is 499 g/mol. The first-order valence-corrected chi connectivity index (χ1v) is 12.4. The van der Waals surface area contributed by atoms with Crippen molar-refractivity contribution in [2.75, 3.05) is 39.1 Å². The molecule has 1 aromatic heterocycles. The summed E-state index contributed by atoms with van der Waals surface area (Å²) in [6.07, 6.45) is 0. The molecule has 4 rings (SSSR count). The van der Waals surface area contributed by atoms with Crippen LogP contribution < -0.4 is 15.6 Å². The number of rotatable bonds is 9. The van der Waals surface area contributed by atoms with Crippen molar-refractivity contribution in [3.05, 3.63) is 95.0 Å². The van der Waals surface area contributed by atoms with Crippen molar-refractivity contribution < 1.29 is 9.53 Å². The van der Waals surface area contributed by atoms with Gasteiger partial charge in [-0.25, -0.2) is 9.78 Å². The van der Waals surface area contributed by atoms with Gasteiger partial charge in [0.05, 0.1) is 29.2 Å². The fraction of sp³-hybridized carbons (Fsp3) is 0.276. The molecule has 4 aromatic rings. The molecule has 1 N–H and O–H groups in total. The molecule has 192 valence electrons. The number of nitrogens with one attached hydrogen (secondary N) is 1. The van der Waals surface area contributed by atoms with Crippen LogP contribution in [-0.2, 0) is 0 Å². The van der Waals surface area contributed by atoms with Crippen molar-refractivity contribution in [1.82, 2.24) is 19.4 Å². The van der Waals surface area contributed by atoms with Crippen molar-refractivity contribution in [3.63, 3.8) is 0 Å². The van der Waals surface area contributed by atoms with Gasteiger partial charge in [0, 0.05) is 18.8 Å². The lowest BCUT2D eigenvalue weighted by molar-refractivity contribution is 0.181. The van der Waals surface area contributed by atoms with Crippen LogP contribution in [0.25, 0.3) is 16.6 Å². The number of fused-ring (bicyclic) bond motifs is 1. The molecule has 37 heavy (non-hydrogen) atoms. The van der Waals surface area contributed by atoms with E-state index >= 15 is 0 Å². The summed E-state index contributed by atoms with van der Waals surface area (Å²) < 4.78 is 7.45. The zero-order valence-electron chi connectivity index (χ0n) is 21.7. The van der Waals surface area contributed by atoms with Crippen molar-refractivity contribution >= 4 is 22.6 Å². The number of para-hydroxylation sites is 4. The molecule has 2 amide bonds. The molecule has 0 aliphatic heterocycles. The quantitative estimate of drug-likeness (QED) is 0.353. The van der Waals surface area contributed by atoms with Gasteiger partial charge in [0.2, 0.25) is 0 Å². The first kappa shape index (κ1) is 25.9. The SMILES string of the molecule is CCOc1ccccc1-n1c(C(C)N(CCN(C)C)C(=O)Nc2ccccc2)nc2ccccc2c1=O. The summed E-state index contributed by atoms with van der Waals surface area (Å²) >= 11 is 0. The van der Waals surface area contributed by atoms with Crippen LogP contribution in [-0.4, -0.2) is 59.2 Å². The zero-order chi connectivity index (χ0) is 26.4. The number of carbonyl (C=O) groups is 1. The van der Waals surface area contributed by atoms with Gasteiger partial charge < -0.3 is 19.9 Å². The number of ether oxygens (including phenoxy) is 1. The lowest BCUT2D eigenvalue weighted by Gasteiger charge is -2.31. The van der Waals surface area contributed by atoms with Crippen LogP contribution in [0.15, 0.2) is 83.7 Å². The third kappa shape index (κ3) is 5.81. The second kappa shape index (κ2) is 11.7. The highest BCUT2D eigenvalue weighted by Crippen LogP contribution is 2.28. The summed E-state index contributed by atoms with van der Waals surface area (Å²) in [6, 6.07) is 23.2. The van der Waals surface area contributed by atoms with E-state index < -0.39 is 6.04 Å². The number of benzene rings is 3. The Morgan fingerprint density at radius 1 is 0.973 bits per heavy atom. The number of hydrogen-bond acceptors (Lipinski definition) is 5. The summed E-state index contributed by atoms with van der Waals surface area (Å²) in [6.45, 7) is 5.32. The van der Waals surface area contributed by atoms with Crippen molar-refractivity contribution in [1.29, 1.82) is 0 Å². The largest absolute Gasteiger partial charge is 0.492 e. The van der Waals surface area contributed by atoms with Gasteiger partial charge >= 0.3 is 6.03 Å². The molecular formula is C29H33N5O3. The molecular weight excluding hydrogens is 466 g/mol. The van der Waals surface area contributed by atoms with Gasteiger partial charge in [0.25, 0.3) is 5.56 Å². The molecule has 8 heteroatoms. The van der Waals surface area contributed by atoms with Crippen LogP contribution in [0.5, 0.6) is 5.75 Å². The molecule has 0 radical (unpaired) electrons. The second-order valence-corrected chi connectivity index (χ2v) is 9.00. The molecule has 0 aliphatic carbocycles. The maximum absolute atomic E-state index is 13.9. The zero-order valence-corrected chi connectivity index (χ0v) is 21.7. The van der Waals surface area contributed by atoms with Crippen LogP contribution in [0.4, 0.5) is 10.5 Å². The fourth-order valence-electron chi connectivity index (χ4n) is 4.22. The van der Waals surface area contributed by atoms with E-state index in [1.54, 1.807) is 15.5 Å². The summed E-state index contributed by atoms with van der Waals surface area (Å²) in [5, 5.41) is 3.49. The van der Waals surface area contributed by atoms with Crippen molar-refractivity contribution in [3.8, 4) is 11.4 Å². The second-order valence-electron chi connectivity index (χ2n) is 9.00. The number of amides is 2. The van der Waals surface area contributed by atoms with Gasteiger partial charge in [-0.2, -0.15) is 0 Å². The number of anilines is 1. The molecule has 0 fully saturated rings. The highest BCUT2D eigenvalue weighted by molar-refractivity contribution is 5.89. The average molecular weight is 500 g/mol. The average Bonchev–Trinajstić information content (AvgIpc) is 2.90. The molecule has 0 bridgehead atoms. The predicted octanol–water partition coefficient (Wildman–Crippen LogP) is 4.94. The predicted molar refractivity (Wildman–Crippen MR) is 148 cm³/mol. The van der Waals surface area contributed by atoms with E-state index in [0.717, 1.165) is 0 Å². The summed E-state index contributed by atoms with van der Waals surface area (Å²) in [4.78, 5) is 36.1. The number of carbonyl (C=O) groups excluding carboxylic acids is 1. The molecule has 8 nitrogen and oxygen atoms in total. The minimum absolute atomic E-state index is 0.212. The van der Waals surface area contributed by atoms with Crippen molar-refractivity contribution in [2.24, 2.45) is 0 Å². The third-order valence-corrected chi connectivity index (χ3v) is 6.12. The van der Waals surface area contributed by atoms with Gasteiger partial charge in [-0.15, -0.1) is 0 Å². The Hall–Kier alpha value is -4.17. The number of hydrogen-bond donors (Lipinski definition) is 1. The van der Waals surface area contributed by atoms with E-state index in [-0.39, 0.29) is 11.6 Å². The number of likely N-dealkylation sites (N-methyl/N-ethyl adjacent to an activating group) is 1. The minimum Gasteiger partial charge on any atom is -0.492 e. The highest BCUT2D eigenvalue weighted by atomic mass is 16.5. The molecule has 0 spiro atoms. The Labute approximate surface area is 217 Å². The normalized spacial score (nSPS) is 11.9. The first-order valence-electron chi connectivity index (χ1n) is 12.4. The van der Waals surface area contributed by atoms with Gasteiger partial charge in [0.1, 0.15) is 11.6 Å². The van der Waals surface area contributed by atoms with Crippen LogP contribution in [0, 0.1) is 0 Å². The van der Waals surface area contributed by atoms with E-state index in [9.17, 15) is 9.59 Å². The van der Waals surface area contributed by atoms with E-state index in [4.69, 9.17) is 9.72 Å². The molecule has 0 saturated heterocycles. The van der Waals surface area contributed by atoms with Gasteiger partial charge in [-0.05, 0) is 64.3 Å².